The molecule has 0 nitrogen and oxygen atoms in total. The normalized spacial score (nSPS) is 49.4. The Kier molecular flexibility index (Phi) is 4.29. The molecule has 1 heteroatoms. The van der Waals surface area contributed by atoms with E-state index in [1.54, 1.807) is 0 Å². The van der Waals surface area contributed by atoms with Crippen molar-refractivity contribution < 1.29 is 0 Å². The Balaban J connectivity index is 1.56. The van der Waals surface area contributed by atoms with E-state index in [1.807, 2.05) is 0 Å². The lowest BCUT2D eigenvalue weighted by atomic mass is 9.20. The minimum absolute atomic E-state index is 0.628. The van der Waals surface area contributed by atoms with Crippen LogP contribution >= 0.6 is 0 Å². The largest absolute Gasteiger partial charge is 0.150 e. The summed E-state index contributed by atoms with van der Waals surface area (Å²) in [6.45, 7) is 18.6. The monoisotopic (exact) mass is 340 g/mol. The van der Waals surface area contributed by atoms with Crippen LogP contribution in [0.15, 0.2) is 12.2 Å². The number of rotatable bonds is 4. The van der Waals surface area contributed by atoms with Crippen molar-refractivity contribution in [2.45, 2.75) is 92.1 Å². The average Bonchev–Trinajstić information content (AvgIpc) is 2.56. The standard InChI is InChI=1S/C24H41B/c1-8-9-10-25(21-13-17-11-19(15(21)2)23(17,4)5)22-14-18-12-20(16(22)3)24(18,6)7/h8-9,15-22H,10-14H2,1-7H3/b9-8-/t15-,16-,17+,18+,19-,20-,21-,22-/m1/s1. The zero-order chi connectivity index (χ0) is 18.1. The molecule has 0 heterocycles. The van der Waals surface area contributed by atoms with Gasteiger partial charge in [0.25, 0.3) is 0 Å². The molecule has 0 radical (unpaired) electrons. The molecule has 0 aliphatic heterocycles. The van der Waals surface area contributed by atoms with Gasteiger partial charge in [0.15, 0.2) is 6.71 Å². The minimum Gasteiger partial charge on any atom is -0.0960 e. The van der Waals surface area contributed by atoms with Gasteiger partial charge in [-0.1, -0.05) is 84.5 Å². The molecule has 6 saturated carbocycles. The highest BCUT2D eigenvalue weighted by Gasteiger charge is 2.61. The summed E-state index contributed by atoms with van der Waals surface area (Å²) in [5.41, 5.74) is 1.26. The van der Waals surface area contributed by atoms with Crippen molar-refractivity contribution in [2.24, 2.45) is 46.3 Å². The van der Waals surface area contributed by atoms with Crippen molar-refractivity contribution in [3.8, 4) is 0 Å². The molecule has 8 atom stereocenters. The molecular weight excluding hydrogens is 299 g/mol. The fraction of sp³-hybridized carbons (Fsp3) is 0.917. The van der Waals surface area contributed by atoms with E-state index >= 15 is 0 Å². The molecular formula is C24H41B. The van der Waals surface area contributed by atoms with Gasteiger partial charge < -0.3 is 0 Å². The van der Waals surface area contributed by atoms with Crippen molar-refractivity contribution in [3.63, 3.8) is 0 Å². The Bertz CT molecular complexity index is 502. The molecule has 6 aliphatic carbocycles. The molecule has 0 spiro atoms. The molecule has 0 amide bonds. The molecule has 0 N–H and O–H groups in total. The molecule has 6 aliphatic rings. The number of hydrogen-bond acceptors (Lipinski definition) is 0. The highest BCUT2D eigenvalue weighted by atomic mass is 14.6. The zero-order valence-electron chi connectivity index (χ0n) is 17.9. The van der Waals surface area contributed by atoms with Gasteiger partial charge in [0.05, 0.1) is 0 Å². The van der Waals surface area contributed by atoms with Crippen molar-refractivity contribution >= 4 is 6.71 Å². The zero-order valence-corrected chi connectivity index (χ0v) is 17.9. The maximum absolute atomic E-state index is 2.62. The SMILES string of the molecule is C/C=C\CB([C@@H]1C[C@@H]2C[C@H]([C@H]1C)C2(C)C)[C@@H]1C[C@@H]2C[C@H]([C@H]1C)C2(C)C. The molecule has 0 unspecified atom stereocenters. The second-order valence-electron chi connectivity index (χ2n) is 11.7. The fourth-order valence-electron chi connectivity index (χ4n) is 8.47. The predicted octanol–water partition coefficient (Wildman–Crippen LogP) is 7.20. The lowest BCUT2D eigenvalue weighted by Gasteiger charge is -2.66. The molecule has 6 rings (SSSR count). The van der Waals surface area contributed by atoms with Crippen molar-refractivity contribution in [1.82, 2.24) is 0 Å². The van der Waals surface area contributed by atoms with E-state index in [0.29, 0.717) is 10.8 Å². The fourth-order valence-corrected chi connectivity index (χ4v) is 8.47. The predicted molar refractivity (Wildman–Crippen MR) is 111 cm³/mol. The Hall–Kier alpha value is -0.195. The topological polar surface area (TPSA) is 0 Å². The first kappa shape index (κ1) is 18.2. The summed E-state index contributed by atoms with van der Waals surface area (Å²) in [6, 6.07) is 0. The quantitative estimate of drug-likeness (QED) is 0.375. The van der Waals surface area contributed by atoms with Crippen molar-refractivity contribution in [1.29, 1.82) is 0 Å². The molecule has 25 heavy (non-hydrogen) atoms. The maximum Gasteiger partial charge on any atom is 0.150 e. The van der Waals surface area contributed by atoms with Crippen LogP contribution in [0.3, 0.4) is 0 Å². The summed E-state index contributed by atoms with van der Waals surface area (Å²) in [4.78, 5) is 0. The number of fused-ring (bicyclic) bond motifs is 4. The van der Waals surface area contributed by atoms with Crippen molar-refractivity contribution in [3.05, 3.63) is 12.2 Å². The molecule has 0 aromatic heterocycles. The van der Waals surface area contributed by atoms with E-state index in [-0.39, 0.29) is 0 Å². The average molecular weight is 340 g/mol. The van der Waals surface area contributed by atoms with Crippen LogP contribution in [-0.2, 0) is 0 Å². The van der Waals surface area contributed by atoms with Gasteiger partial charge in [0.2, 0.25) is 0 Å². The number of allylic oxidation sites excluding steroid dienone is 2. The number of hydrogen-bond donors (Lipinski definition) is 0. The van der Waals surface area contributed by atoms with E-state index in [2.05, 4.69) is 60.6 Å². The van der Waals surface area contributed by atoms with E-state index < -0.39 is 0 Å². The van der Waals surface area contributed by atoms with Crippen LogP contribution in [0.25, 0.3) is 0 Å². The minimum atomic E-state index is 0.628. The third kappa shape index (κ3) is 2.46. The summed E-state index contributed by atoms with van der Waals surface area (Å²) in [5, 5.41) is 0. The summed E-state index contributed by atoms with van der Waals surface area (Å²) in [5.74, 6) is 7.86. The van der Waals surface area contributed by atoms with E-state index in [1.165, 1.54) is 32.0 Å². The van der Waals surface area contributed by atoms with Crippen LogP contribution in [0, 0.1) is 46.3 Å². The molecule has 6 fully saturated rings. The van der Waals surface area contributed by atoms with Gasteiger partial charge in [-0.2, -0.15) is 0 Å². The molecule has 0 saturated heterocycles. The van der Waals surface area contributed by atoms with E-state index in [9.17, 15) is 0 Å². The van der Waals surface area contributed by atoms with Gasteiger partial charge in [-0.15, -0.1) is 0 Å². The summed E-state index contributed by atoms with van der Waals surface area (Å²) in [7, 11) is 0. The second-order valence-corrected chi connectivity index (χ2v) is 11.7. The van der Waals surface area contributed by atoms with Crippen molar-refractivity contribution in [2.75, 3.05) is 0 Å². The van der Waals surface area contributed by atoms with Crippen LogP contribution in [0.1, 0.15) is 74.1 Å². The van der Waals surface area contributed by atoms with E-state index in [0.717, 1.165) is 53.9 Å². The van der Waals surface area contributed by atoms with Gasteiger partial charge in [0.1, 0.15) is 0 Å². The van der Waals surface area contributed by atoms with Crippen LogP contribution in [0.5, 0.6) is 0 Å². The lowest BCUT2D eigenvalue weighted by molar-refractivity contribution is -0.107. The first-order valence-corrected chi connectivity index (χ1v) is 11.3. The third-order valence-corrected chi connectivity index (χ3v) is 10.6. The Morgan fingerprint density at radius 3 is 1.56 bits per heavy atom. The molecule has 4 bridgehead atoms. The van der Waals surface area contributed by atoms with Crippen LogP contribution < -0.4 is 0 Å². The summed E-state index contributed by atoms with van der Waals surface area (Å²) < 4.78 is 0. The van der Waals surface area contributed by atoms with Gasteiger partial charge in [-0.3, -0.25) is 0 Å². The summed E-state index contributed by atoms with van der Waals surface area (Å²) in [6.07, 6.45) is 12.3. The summed E-state index contributed by atoms with van der Waals surface area (Å²) >= 11 is 0. The third-order valence-electron chi connectivity index (χ3n) is 10.6. The van der Waals surface area contributed by atoms with Crippen LogP contribution in [0.4, 0.5) is 0 Å². The van der Waals surface area contributed by atoms with Crippen LogP contribution in [-0.4, -0.2) is 6.71 Å². The smallest absolute Gasteiger partial charge is 0.0960 e. The second kappa shape index (κ2) is 5.90. The highest BCUT2D eigenvalue weighted by Crippen LogP contribution is 2.69. The van der Waals surface area contributed by atoms with Crippen LogP contribution in [0.2, 0.25) is 18.0 Å². The van der Waals surface area contributed by atoms with Gasteiger partial charge in [-0.05, 0) is 66.1 Å². The first-order chi connectivity index (χ1) is 11.7. The Morgan fingerprint density at radius 1 is 0.800 bits per heavy atom. The molecule has 0 aromatic carbocycles. The van der Waals surface area contributed by atoms with E-state index in [4.69, 9.17) is 0 Å². The first-order valence-electron chi connectivity index (χ1n) is 11.3. The Morgan fingerprint density at radius 2 is 1.24 bits per heavy atom. The highest BCUT2D eigenvalue weighted by molar-refractivity contribution is 6.62. The maximum atomic E-state index is 2.62. The van der Waals surface area contributed by atoms with Gasteiger partial charge >= 0.3 is 0 Å². The molecule has 140 valence electrons. The van der Waals surface area contributed by atoms with Gasteiger partial charge in [0, 0.05) is 0 Å². The molecule has 0 aromatic rings. The lowest BCUT2D eigenvalue weighted by Crippen LogP contribution is -2.59. The van der Waals surface area contributed by atoms with Gasteiger partial charge in [-0.25, -0.2) is 0 Å². The Labute approximate surface area is 157 Å².